The fourth-order valence-corrected chi connectivity index (χ4v) is 4.18. The topological polar surface area (TPSA) is 85.7 Å². The molecule has 9 heteroatoms. The van der Waals surface area contributed by atoms with Crippen LogP contribution in [0.1, 0.15) is 32.1 Å². The summed E-state index contributed by atoms with van der Waals surface area (Å²) in [7, 11) is 0. The molecule has 154 valence electrons. The lowest BCUT2D eigenvalue weighted by Crippen LogP contribution is -2.40. The summed E-state index contributed by atoms with van der Waals surface area (Å²) < 4.78 is 4.33. The molecule has 0 saturated heterocycles. The third-order valence-corrected chi connectivity index (χ3v) is 5.85. The quantitative estimate of drug-likeness (QED) is 0.545. The van der Waals surface area contributed by atoms with Crippen molar-refractivity contribution in [2.45, 2.75) is 44.7 Å². The Balaban J connectivity index is 1.46. The van der Waals surface area contributed by atoms with Gasteiger partial charge in [-0.3, -0.25) is 4.79 Å². The summed E-state index contributed by atoms with van der Waals surface area (Å²) in [5, 5.41) is 12.7. The van der Waals surface area contributed by atoms with Crippen LogP contribution in [0.4, 0.5) is 0 Å². The van der Waals surface area contributed by atoms with Crippen LogP contribution in [-0.4, -0.2) is 35.7 Å². The second-order valence-corrected chi connectivity index (χ2v) is 8.14. The van der Waals surface area contributed by atoms with Gasteiger partial charge in [-0.2, -0.15) is 5.10 Å². The average Bonchev–Trinajstić information content (AvgIpc) is 3.31. The Labute approximate surface area is 177 Å². The van der Waals surface area contributed by atoms with Gasteiger partial charge in [0, 0.05) is 29.0 Å². The first-order valence-corrected chi connectivity index (χ1v) is 10.5. The van der Waals surface area contributed by atoms with Gasteiger partial charge < -0.3 is 5.32 Å². The highest BCUT2D eigenvalue weighted by Crippen LogP contribution is 2.23. The largest absolute Gasteiger partial charge is 0.352 e. The van der Waals surface area contributed by atoms with E-state index >= 15 is 0 Å². The third-order valence-electron chi connectivity index (χ3n) is 5.60. The minimum Gasteiger partial charge on any atom is -0.352 e. The Hall–Kier alpha value is -3.13. The number of fused-ring (bicyclic) bond motifs is 3. The van der Waals surface area contributed by atoms with Crippen molar-refractivity contribution in [1.82, 2.24) is 29.1 Å². The minimum absolute atomic E-state index is 0.0959. The van der Waals surface area contributed by atoms with Crippen LogP contribution in [0, 0.1) is 0 Å². The highest BCUT2D eigenvalue weighted by atomic mass is 35.5. The van der Waals surface area contributed by atoms with E-state index in [0.717, 1.165) is 36.9 Å². The van der Waals surface area contributed by atoms with E-state index in [-0.39, 0.29) is 24.2 Å². The zero-order chi connectivity index (χ0) is 20.7. The summed E-state index contributed by atoms with van der Waals surface area (Å²) in [4.78, 5) is 25.2. The van der Waals surface area contributed by atoms with E-state index in [2.05, 4.69) is 15.5 Å². The molecule has 0 bridgehead atoms. The van der Waals surface area contributed by atoms with Crippen LogP contribution in [0.15, 0.2) is 47.5 Å². The number of halogens is 1. The molecular weight excluding hydrogens is 404 g/mol. The van der Waals surface area contributed by atoms with E-state index in [1.165, 1.54) is 15.5 Å². The molecule has 4 aromatic rings. The van der Waals surface area contributed by atoms with Gasteiger partial charge in [0.15, 0.2) is 5.65 Å². The number of aromatic nitrogens is 5. The monoisotopic (exact) mass is 424 g/mol. The van der Waals surface area contributed by atoms with Crippen molar-refractivity contribution in [2.24, 2.45) is 0 Å². The number of amides is 1. The molecule has 30 heavy (non-hydrogen) atoms. The van der Waals surface area contributed by atoms with E-state index in [0.29, 0.717) is 16.2 Å². The highest BCUT2D eigenvalue weighted by Gasteiger charge is 2.18. The second-order valence-electron chi connectivity index (χ2n) is 7.70. The number of nitrogens with one attached hydrogen (secondary N) is 1. The molecule has 1 amide bonds. The van der Waals surface area contributed by atoms with Gasteiger partial charge in [-0.25, -0.2) is 18.4 Å². The highest BCUT2D eigenvalue weighted by molar-refractivity contribution is 6.30. The molecule has 1 aliphatic rings. The first-order chi connectivity index (χ1) is 14.6. The molecule has 3 aromatic heterocycles. The maximum absolute atomic E-state index is 12.8. The molecule has 1 N–H and O–H groups in total. The van der Waals surface area contributed by atoms with Crippen molar-refractivity contribution in [3.63, 3.8) is 0 Å². The first kappa shape index (κ1) is 18.9. The molecule has 0 spiro atoms. The number of carbonyl (C=O) groups excluding carboxylic acids is 1. The fourth-order valence-electron chi connectivity index (χ4n) is 4.06. The van der Waals surface area contributed by atoms with E-state index in [1.54, 1.807) is 29.0 Å². The van der Waals surface area contributed by atoms with Gasteiger partial charge in [0.2, 0.25) is 5.91 Å². The Morgan fingerprint density at radius 2 is 1.87 bits per heavy atom. The van der Waals surface area contributed by atoms with Gasteiger partial charge in [-0.15, -0.1) is 5.10 Å². The Bertz CT molecular complexity index is 1280. The van der Waals surface area contributed by atoms with Crippen LogP contribution in [0.3, 0.4) is 0 Å². The second kappa shape index (κ2) is 7.60. The normalized spacial score (nSPS) is 15.1. The molecule has 0 radical (unpaired) electrons. The maximum Gasteiger partial charge on any atom is 0.350 e. The van der Waals surface area contributed by atoms with Crippen LogP contribution in [0.25, 0.3) is 22.4 Å². The number of benzene rings is 1. The molecule has 5 rings (SSSR count). The Morgan fingerprint density at radius 3 is 2.63 bits per heavy atom. The van der Waals surface area contributed by atoms with Gasteiger partial charge in [0.05, 0.1) is 5.69 Å². The van der Waals surface area contributed by atoms with Crippen molar-refractivity contribution in [3.05, 3.63) is 58.2 Å². The molecule has 1 saturated carbocycles. The molecule has 1 fully saturated rings. The molecule has 0 aliphatic heterocycles. The van der Waals surface area contributed by atoms with Crippen molar-refractivity contribution in [2.75, 3.05) is 0 Å². The van der Waals surface area contributed by atoms with E-state index in [4.69, 9.17) is 11.6 Å². The van der Waals surface area contributed by atoms with Gasteiger partial charge in [-0.05, 0) is 31.0 Å². The molecular formula is C21H21ClN6O2. The summed E-state index contributed by atoms with van der Waals surface area (Å²) in [5.74, 6) is -0.182. The number of nitrogens with zero attached hydrogens (tertiary/aromatic N) is 5. The maximum atomic E-state index is 12.8. The Morgan fingerprint density at radius 1 is 1.10 bits per heavy atom. The summed E-state index contributed by atoms with van der Waals surface area (Å²) in [6.07, 6.45) is 8.80. The standard InChI is InChI=1S/C21H21ClN6O2/c22-15-8-6-14(7-9-15)17-12-18-20-25-28(21(30)26(20)10-11-27(18)24-17)13-19(29)23-16-4-2-1-3-5-16/h6-12,16H,1-5,13H2,(H,23,29). The lowest BCUT2D eigenvalue weighted by Gasteiger charge is -2.22. The van der Waals surface area contributed by atoms with Gasteiger partial charge >= 0.3 is 5.69 Å². The zero-order valence-corrected chi connectivity index (χ0v) is 17.0. The molecule has 3 heterocycles. The number of hydrogen-bond acceptors (Lipinski definition) is 4. The molecule has 1 aliphatic carbocycles. The van der Waals surface area contributed by atoms with Gasteiger partial charge in [0.1, 0.15) is 12.1 Å². The van der Waals surface area contributed by atoms with Crippen LogP contribution < -0.4 is 11.0 Å². The third kappa shape index (κ3) is 3.47. The summed E-state index contributed by atoms with van der Waals surface area (Å²) in [6, 6.07) is 9.46. The average molecular weight is 425 g/mol. The first-order valence-electron chi connectivity index (χ1n) is 10.1. The molecule has 8 nitrogen and oxygen atoms in total. The van der Waals surface area contributed by atoms with E-state index < -0.39 is 0 Å². The van der Waals surface area contributed by atoms with Crippen molar-refractivity contribution in [1.29, 1.82) is 0 Å². The molecule has 0 atom stereocenters. The number of hydrogen-bond donors (Lipinski definition) is 1. The van der Waals surface area contributed by atoms with Crippen LogP contribution in [-0.2, 0) is 11.3 Å². The molecule has 0 unspecified atom stereocenters. The van der Waals surface area contributed by atoms with Crippen molar-refractivity contribution < 1.29 is 4.79 Å². The predicted octanol–water partition coefficient (Wildman–Crippen LogP) is 2.91. The van der Waals surface area contributed by atoms with Crippen LogP contribution in [0.2, 0.25) is 5.02 Å². The van der Waals surface area contributed by atoms with Gasteiger partial charge in [-0.1, -0.05) is 43.0 Å². The van der Waals surface area contributed by atoms with E-state index in [9.17, 15) is 9.59 Å². The summed E-state index contributed by atoms with van der Waals surface area (Å²) in [6.45, 7) is -0.0959. The SMILES string of the molecule is O=C(Cn1nc2c3cc(-c4ccc(Cl)cc4)nn3ccn2c1=O)NC1CCCCC1. The van der Waals surface area contributed by atoms with Crippen LogP contribution >= 0.6 is 11.6 Å². The van der Waals surface area contributed by atoms with Crippen LogP contribution in [0.5, 0.6) is 0 Å². The predicted molar refractivity (Wildman–Crippen MR) is 114 cm³/mol. The summed E-state index contributed by atoms with van der Waals surface area (Å²) in [5.41, 5.74) is 2.46. The lowest BCUT2D eigenvalue weighted by atomic mass is 9.95. The Kier molecular flexibility index (Phi) is 4.78. The molecule has 1 aromatic carbocycles. The minimum atomic E-state index is -0.347. The number of carbonyl (C=O) groups is 1. The zero-order valence-electron chi connectivity index (χ0n) is 16.3. The smallest absolute Gasteiger partial charge is 0.350 e. The summed E-state index contributed by atoms with van der Waals surface area (Å²) >= 11 is 5.97. The number of rotatable bonds is 4. The fraction of sp³-hybridized carbons (Fsp3) is 0.333. The lowest BCUT2D eigenvalue weighted by molar-refractivity contribution is -0.122. The van der Waals surface area contributed by atoms with Crippen molar-refractivity contribution >= 4 is 28.7 Å². The van der Waals surface area contributed by atoms with Gasteiger partial charge in [0.25, 0.3) is 0 Å². The van der Waals surface area contributed by atoms with Crippen molar-refractivity contribution in [3.8, 4) is 11.3 Å². The van der Waals surface area contributed by atoms with E-state index in [1.807, 2.05) is 18.2 Å².